The van der Waals surface area contributed by atoms with Gasteiger partial charge in [0.25, 0.3) is 5.91 Å². The maximum Gasteiger partial charge on any atom is 0.338 e. The molecule has 3 aromatic rings. The predicted molar refractivity (Wildman–Crippen MR) is 122 cm³/mol. The zero-order valence-corrected chi connectivity index (χ0v) is 19.2. The molecule has 0 bridgehead atoms. The molecule has 0 atom stereocenters. The van der Waals surface area contributed by atoms with Gasteiger partial charge in [-0.3, -0.25) is 9.36 Å². The summed E-state index contributed by atoms with van der Waals surface area (Å²) in [6.07, 6.45) is 0. The van der Waals surface area contributed by atoms with E-state index in [-0.39, 0.29) is 22.0 Å². The number of carbonyl (C=O) groups excluding carboxylic acids is 2. The Labute approximate surface area is 195 Å². The summed E-state index contributed by atoms with van der Waals surface area (Å²) in [7, 11) is -4.15. The Morgan fingerprint density at radius 1 is 1.18 bits per heavy atom. The predicted octanol–water partition coefficient (Wildman–Crippen LogP) is 3.06. The molecule has 0 aliphatic carbocycles. The molecule has 0 unspecified atom stereocenters. The van der Waals surface area contributed by atoms with Crippen LogP contribution >= 0.6 is 11.6 Å². The minimum atomic E-state index is -4.15. The zero-order chi connectivity index (χ0) is 24.3. The summed E-state index contributed by atoms with van der Waals surface area (Å²) in [6, 6.07) is 14.6. The monoisotopic (exact) mass is 486 g/mol. The summed E-state index contributed by atoms with van der Waals surface area (Å²) in [4.78, 5) is 24.4. The number of nitrogens with zero attached hydrogens (tertiary/aromatic N) is 2. The van der Waals surface area contributed by atoms with Crippen LogP contribution in [0.4, 0.5) is 5.82 Å². The Hall–Kier alpha value is -3.65. The van der Waals surface area contributed by atoms with E-state index < -0.39 is 33.4 Å². The number of hydrogen-bond donors (Lipinski definition) is 2. The quantitative estimate of drug-likeness (QED) is 0.512. The molecule has 11 heteroatoms. The van der Waals surface area contributed by atoms with E-state index in [1.54, 1.807) is 11.5 Å². The number of hydrogen-bond acceptors (Lipinski definition) is 6. The Morgan fingerprint density at radius 2 is 1.85 bits per heavy atom. The molecule has 0 aliphatic rings. The van der Waals surface area contributed by atoms with Crippen LogP contribution in [0.5, 0.6) is 0 Å². The number of carbonyl (C=O) groups is 2. The van der Waals surface area contributed by atoms with Gasteiger partial charge in [0.1, 0.15) is 16.8 Å². The minimum Gasteiger partial charge on any atom is -0.452 e. The topological polar surface area (TPSA) is 144 Å². The van der Waals surface area contributed by atoms with Crippen LogP contribution in [0.2, 0.25) is 5.02 Å². The summed E-state index contributed by atoms with van der Waals surface area (Å²) in [5.74, 6) is -1.38. The molecule has 0 spiro atoms. The number of sulfonamides is 1. The molecular formula is C22H19ClN4O5S. The Balaban J connectivity index is 1.81. The highest BCUT2D eigenvalue weighted by Gasteiger charge is 2.22. The molecule has 1 aromatic heterocycles. The third-order valence-corrected chi connectivity index (χ3v) is 6.30. The number of nitriles is 1. The number of amides is 1. The van der Waals surface area contributed by atoms with Crippen LogP contribution in [-0.4, -0.2) is 31.5 Å². The van der Waals surface area contributed by atoms with Crippen LogP contribution < -0.4 is 10.5 Å². The van der Waals surface area contributed by atoms with Crippen LogP contribution in [-0.2, 0) is 19.6 Å². The smallest absolute Gasteiger partial charge is 0.338 e. The lowest BCUT2D eigenvalue weighted by Crippen LogP contribution is -2.23. The third-order valence-electron chi connectivity index (χ3n) is 4.91. The summed E-state index contributed by atoms with van der Waals surface area (Å²) >= 11 is 5.81. The van der Waals surface area contributed by atoms with E-state index in [0.29, 0.717) is 5.56 Å². The lowest BCUT2D eigenvalue weighted by atomic mass is 10.2. The van der Waals surface area contributed by atoms with E-state index in [1.807, 2.05) is 37.3 Å². The first kappa shape index (κ1) is 24.0. The van der Waals surface area contributed by atoms with E-state index >= 15 is 0 Å². The molecule has 170 valence electrons. The molecule has 0 aliphatic heterocycles. The molecule has 0 fully saturated rings. The van der Waals surface area contributed by atoms with Crippen molar-refractivity contribution in [2.75, 3.05) is 11.9 Å². The number of primary sulfonamides is 1. The first-order valence-corrected chi connectivity index (χ1v) is 11.4. The van der Waals surface area contributed by atoms with Gasteiger partial charge in [0.05, 0.1) is 16.1 Å². The van der Waals surface area contributed by atoms with Crippen LogP contribution in [0.15, 0.2) is 53.4 Å². The Bertz CT molecular complexity index is 1390. The second kappa shape index (κ2) is 9.46. The summed E-state index contributed by atoms with van der Waals surface area (Å²) < 4.78 is 29.9. The molecule has 1 amide bonds. The largest absolute Gasteiger partial charge is 0.452 e. The SMILES string of the molecule is Cc1c(C#N)c(NC(=O)COC(=O)c2ccc(Cl)c(S(N)(=O)=O)c2)n(-c2ccccc2)c1C. The van der Waals surface area contributed by atoms with Crippen LogP contribution in [0.1, 0.15) is 27.2 Å². The number of esters is 1. The van der Waals surface area contributed by atoms with Gasteiger partial charge in [0.2, 0.25) is 10.0 Å². The van der Waals surface area contributed by atoms with Gasteiger partial charge in [-0.2, -0.15) is 5.26 Å². The Kier molecular flexibility index (Phi) is 6.88. The fourth-order valence-electron chi connectivity index (χ4n) is 3.19. The van der Waals surface area contributed by atoms with Crippen molar-refractivity contribution in [2.45, 2.75) is 18.7 Å². The maximum atomic E-state index is 12.6. The van der Waals surface area contributed by atoms with Crippen molar-refractivity contribution in [3.63, 3.8) is 0 Å². The van der Waals surface area contributed by atoms with E-state index in [2.05, 4.69) is 11.4 Å². The lowest BCUT2D eigenvalue weighted by molar-refractivity contribution is -0.119. The second-order valence-electron chi connectivity index (χ2n) is 7.03. The number of para-hydroxylation sites is 1. The lowest BCUT2D eigenvalue weighted by Gasteiger charge is -2.13. The number of nitrogens with one attached hydrogen (secondary N) is 1. The van der Waals surface area contributed by atoms with Crippen molar-refractivity contribution in [1.29, 1.82) is 5.26 Å². The van der Waals surface area contributed by atoms with E-state index in [4.69, 9.17) is 21.5 Å². The van der Waals surface area contributed by atoms with Gasteiger partial charge in [-0.1, -0.05) is 29.8 Å². The molecule has 33 heavy (non-hydrogen) atoms. The molecule has 2 aromatic carbocycles. The number of nitrogens with two attached hydrogens (primary N) is 1. The third kappa shape index (κ3) is 5.06. The molecular weight excluding hydrogens is 468 g/mol. The maximum absolute atomic E-state index is 12.6. The number of benzene rings is 2. The fourth-order valence-corrected chi connectivity index (χ4v) is 4.26. The van der Waals surface area contributed by atoms with Gasteiger partial charge in [-0.25, -0.2) is 18.4 Å². The number of anilines is 1. The number of rotatable bonds is 6. The number of halogens is 1. The van der Waals surface area contributed by atoms with Crippen molar-refractivity contribution in [2.24, 2.45) is 5.14 Å². The van der Waals surface area contributed by atoms with Gasteiger partial charge in [-0.15, -0.1) is 0 Å². The molecule has 3 rings (SSSR count). The summed E-state index contributed by atoms with van der Waals surface area (Å²) in [6.45, 7) is 2.92. The fraction of sp³-hybridized carbons (Fsp3) is 0.136. The number of ether oxygens (including phenoxy) is 1. The Morgan fingerprint density at radius 3 is 2.45 bits per heavy atom. The van der Waals surface area contributed by atoms with Gasteiger partial charge in [-0.05, 0) is 49.7 Å². The van der Waals surface area contributed by atoms with E-state index in [1.165, 1.54) is 12.1 Å². The first-order valence-electron chi connectivity index (χ1n) is 9.51. The normalized spacial score (nSPS) is 11.0. The molecule has 9 nitrogen and oxygen atoms in total. The highest BCUT2D eigenvalue weighted by atomic mass is 35.5. The van der Waals surface area contributed by atoms with Crippen LogP contribution in [0, 0.1) is 25.2 Å². The zero-order valence-electron chi connectivity index (χ0n) is 17.6. The molecule has 0 saturated heterocycles. The van der Waals surface area contributed by atoms with E-state index in [0.717, 1.165) is 17.4 Å². The second-order valence-corrected chi connectivity index (χ2v) is 8.97. The van der Waals surface area contributed by atoms with Gasteiger partial charge in [0, 0.05) is 11.4 Å². The van der Waals surface area contributed by atoms with Crippen molar-refractivity contribution in [1.82, 2.24) is 4.57 Å². The summed E-state index contributed by atoms with van der Waals surface area (Å²) in [5, 5.41) is 17.2. The van der Waals surface area contributed by atoms with Gasteiger partial charge < -0.3 is 10.1 Å². The van der Waals surface area contributed by atoms with E-state index in [9.17, 15) is 23.3 Å². The van der Waals surface area contributed by atoms with Crippen molar-refractivity contribution in [3.05, 3.63) is 75.9 Å². The molecule has 0 radical (unpaired) electrons. The average Bonchev–Trinajstić information content (AvgIpc) is 3.01. The first-order chi connectivity index (χ1) is 15.5. The molecule has 0 saturated carbocycles. The standard InChI is InChI=1S/C22H19ClN4O5S/c1-13-14(2)27(16-6-4-3-5-7-16)21(17(13)11-24)26-20(28)12-32-22(29)15-8-9-18(23)19(10-15)33(25,30)31/h3-10H,12H2,1-2H3,(H,26,28)(H2,25,30,31). The van der Waals surface area contributed by atoms with Gasteiger partial charge >= 0.3 is 5.97 Å². The average molecular weight is 487 g/mol. The van der Waals surface area contributed by atoms with Gasteiger partial charge in [0.15, 0.2) is 6.61 Å². The van der Waals surface area contributed by atoms with Crippen molar-refractivity contribution >= 4 is 39.3 Å². The highest BCUT2D eigenvalue weighted by molar-refractivity contribution is 7.89. The highest BCUT2D eigenvalue weighted by Crippen LogP contribution is 2.30. The minimum absolute atomic E-state index is 0.145. The molecule has 3 N–H and O–H groups in total. The van der Waals surface area contributed by atoms with Crippen molar-refractivity contribution < 1.29 is 22.7 Å². The van der Waals surface area contributed by atoms with Crippen molar-refractivity contribution in [3.8, 4) is 11.8 Å². The molecule has 1 heterocycles. The van der Waals surface area contributed by atoms with Crippen LogP contribution in [0.3, 0.4) is 0 Å². The number of aromatic nitrogens is 1. The van der Waals surface area contributed by atoms with Crippen LogP contribution in [0.25, 0.3) is 5.69 Å². The summed E-state index contributed by atoms with van der Waals surface area (Å²) in [5.41, 5.74) is 2.34.